The van der Waals surface area contributed by atoms with E-state index in [0.717, 1.165) is 0 Å². The lowest BCUT2D eigenvalue weighted by Crippen LogP contribution is -1.92. The monoisotopic (exact) mass is 165 g/mol. The van der Waals surface area contributed by atoms with Crippen molar-refractivity contribution < 1.29 is 14.7 Å². The molecule has 0 bridgehead atoms. The van der Waals surface area contributed by atoms with Crippen LogP contribution in [-0.2, 0) is 9.59 Å². The molecule has 0 amide bonds. The Balaban J connectivity index is 0.000000202. The summed E-state index contributed by atoms with van der Waals surface area (Å²) in [6, 6.07) is 12.5. The molecular weight excluding hydrogens is 156 g/mol. The van der Waals surface area contributed by atoms with Crippen LogP contribution >= 0.6 is 0 Å². The molecule has 0 heterocycles. The van der Waals surface area contributed by atoms with Crippen LogP contribution in [0.15, 0.2) is 30.3 Å². The molecule has 63 valence electrons. The van der Waals surface area contributed by atoms with Crippen LogP contribution < -0.4 is 0 Å². The molecule has 3 heteroatoms. The van der Waals surface area contributed by atoms with Crippen molar-refractivity contribution in [2.75, 3.05) is 0 Å². The first-order chi connectivity index (χ1) is 5.77. The Labute approximate surface area is 70.6 Å². The van der Waals surface area contributed by atoms with E-state index in [-0.39, 0.29) is 6.42 Å². The molecule has 12 heavy (non-hydrogen) atoms. The SMILES string of the molecule is O=CCC(=O)O.[c]1ccccc1. The second-order valence-electron chi connectivity index (χ2n) is 1.84. The number of carboxylic acid groups (broad SMARTS) is 1. The maximum atomic E-state index is 9.37. The van der Waals surface area contributed by atoms with Gasteiger partial charge >= 0.3 is 5.97 Å². The Morgan fingerprint density at radius 2 is 1.92 bits per heavy atom. The maximum Gasteiger partial charge on any atom is 0.310 e. The average Bonchev–Trinajstić information content (AvgIpc) is 2.08. The van der Waals surface area contributed by atoms with Gasteiger partial charge in [-0.3, -0.25) is 4.79 Å². The number of aliphatic carboxylic acids is 1. The first-order valence-corrected chi connectivity index (χ1v) is 3.34. The lowest BCUT2D eigenvalue weighted by Gasteiger charge is -1.71. The Morgan fingerprint density at radius 1 is 1.33 bits per heavy atom. The number of carbonyl (C=O) groups is 2. The molecule has 0 saturated carbocycles. The minimum absolute atomic E-state index is 0.350. The first-order valence-electron chi connectivity index (χ1n) is 3.34. The van der Waals surface area contributed by atoms with Crippen LogP contribution in [0.2, 0.25) is 0 Å². The van der Waals surface area contributed by atoms with Gasteiger partial charge < -0.3 is 9.90 Å². The van der Waals surface area contributed by atoms with Gasteiger partial charge in [-0.05, 0) is 6.07 Å². The van der Waals surface area contributed by atoms with Gasteiger partial charge in [-0.2, -0.15) is 0 Å². The summed E-state index contributed by atoms with van der Waals surface area (Å²) in [5.74, 6) is -1.08. The molecule has 0 saturated heterocycles. The highest BCUT2D eigenvalue weighted by atomic mass is 16.4. The van der Waals surface area contributed by atoms with Gasteiger partial charge in [-0.15, -0.1) is 0 Å². The third-order valence-electron chi connectivity index (χ3n) is 0.865. The van der Waals surface area contributed by atoms with Crippen LogP contribution in [-0.4, -0.2) is 17.4 Å². The molecule has 0 fully saturated rings. The zero-order valence-electron chi connectivity index (χ0n) is 6.43. The molecule has 3 nitrogen and oxygen atoms in total. The van der Waals surface area contributed by atoms with Gasteiger partial charge in [0.1, 0.15) is 12.7 Å². The van der Waals surface area contributed by atoms with Gasteiger partial charge in [-0.25, -0.2) is 0 Å². The zero-order valence-corrected chi connectivity index (χ0v) is 6.43. The number of hydrogen-bond acceptors (Lipinski definition) is 2. The minimum atomic E-state index is -1.08. The summed E-state index contributed by atoms with van der Waals surface area (Å²) >= 11 is 0. The number of carbonyl (C=O) groups excluding carboxylic acids is 1. The number of benzene rings is 1. The Hall–Kier alpha value is -1.64. The van der Waals surface area contributed by atoms with E-state index >= 15 is 0 Å². The van der Waals surface area contributed by atoms with Gasteiger partial charge in [0, 0.05) is 0 Å². The van der Waals surface area contributed by atoms with E-state index in [1.807, 2.05) is 30.3 Å². The lowest BCUT2D eigenvalue weighted by molar-refractivity contribution is -0.138. The highest BCUT2D eigenvalue weighted by Gasteiger charge is 1.87. The maximum absolute atomic E-state index is 9.37. The molecule has 0 aromatic heterocycles. The first kappa shape index (κ1) is 10.4. The topological polar surface area (TPSA) is 54.4 Å². The Morgan fingerprint density at radius 3 is 2.00 bits per heavy atom. The standard InChI is InChI=1S/C6H5.C3H4O3/c1-2-4-6-5-3-1;4-2-1-3(5)6/h1-5H;2H,1H2,(H,5,6). The number of aldehydes is 1. The van der Waals surface area contributed by atoms with Crippen molar-refractivity contribution >= 4 is 12.3 Å². The van der Waals surface area contributed by atoms with Gasteiger partial charge in [0.2, 0.25) is 0 Å². The van der Waals surface area contributed by atoms with E-state index in [1.165, 1.54) is 0 Å². The zero-order chi connectivity index (χ0) is 9.23. The second-order valence-corrected chi connectivity index (χ2v) is 1.84. The third-order valence-corrected chi connectivity index (χ3v) is 0.865. The smallest absolute Gasteiger partial charge is 0.310 e. The molecule has 1 N–H and O–H groups in total. The highest BCUT2D eigenvalue weighted by Crippen LogP contribution is 1.78. The quantitative estimate of drug-likeness (QED) is 0.528. The molecule has 0 aliphatic rings. The van der Waals surface area contributed by atoms with Crippen LogP contribution in [0.4, 0.5) is 0 Å². The van der Waals surface area contributed by atoms with Crippen molar-refractivity contribution in [3.05, 3.63) is 36.4 Å². The molecule has 0 aliphatic carbocycles. The van der Waals surface area contributed by atoms with Crippen molar-refractivity contribution in [3.8, 4) is 0 Å². The summed E-state index contributed by atoms with van der Waals surface area (Å²) in [6.45, 7) is 0. The molecule has 0 spiro atoms. The predicted octanol–water partition coefficient (Wildman–Crippen LogP) is 1.15. The van der Waals surface area contributed by atoms with E-state index in [9.17, 15) is 9.59 Å². The lowest BCUT2D eigenvalue weighted by atomic mass is 10.4. The summed E-state index contributed by atoms with van der Waals surface area (Å²) in [4.78, 5) is 18.6. The molecule has 1 radical (unpaired) electrons. The summed E-state index contributed by atoms with van der Waals surface area (Å²) in [5.41, 5.74) is 0. The molecule has 0 atom stereocenters. The van der Waals surface area contributed by atoms with Gasteiger partial charge in [-0.1, -0.05) is 30.3 Å². The van der Waals surface area contributed by atoms with Crippen molar-refractivity contribution in [1.29, 1.82) is 0 Å². The van der Waals surface area contributed by atoms with E-state index in [0.29, 0.717) is 6.29 Å². The van der Waals surface area contributed by atoms with Gasteiger partial charge in [0.05, 0.1) is 0 Å². The molecule has 1 aromatic rings. The number of rotatable bonds is 2. The van der Waals surface area contributed by atoms with Crippen LogP contribution in [0.5, 0.6) is 0 Å². The summed E-state index contributed by atoms with van der Waals surface area (Å²) in [7, 11) is 0. The Kier molecular flexibility index (Phi) is 6.45. The molecule has 0 unspecified atom stereocenters. The summed E-state index contributed by atoms with van der Waals surface area (Å²) in [6.07, 6.45) is -0.0394. The fourth-order valence-electron chi connectivity index (χ4n) is 0.413. The normalized spacial score (nSPS) is 7.67. The van der Waals surface area contributed by atoms with E-state index < -0.39 is 5.97 Å². The second kappa shape index (κ2) is 7.47. The predicted molar refractivity (Wildman–Crippen MR) is 43.6 cm³/mol. The average molecular weight is 165 g/mol. The number of hydrogen-bond donors (Lipinski definition) is 1. The van der Waals surface area contributed by atoms with E-state index in [2.05, 4.69) is 6.07 Å². The third kappa shape index (κ3) is 8.36. The van der Waals surface area contributed by atoms with Gasteiger partial charge in [0.15, 0.2) is 0 Å². The summed E-state index contributed by atoms with van der Waals surface area (Å²) in [5, 5.41) is 7.68. The minimum Gasteiger partial charge on any atom is -0.481 e. The Bertz CT molecular complexity index is 192. The molecule has 1 rings (SSSR count). The van der Waals surface area contributed by atoms with E-state index in [4.69, 9.17) is 5.11 Å². The van der Waals surface area contributed by atoms with Crippen LogP contribution in [0.1, 0.15) is 6.42 Å². The van der Waals surface area contributed by atoms with Crippen molar-refractivity contribution in [3.63, 3.8) is 0 Å². The highest BCUT2D eigenvalue weighted by molar-refractivity contribution is 5.81. The molecular formula is C9H9O3. The number of carboxylic acids is 1. The fourth-order valence-corrected chi connectivity index (χ4v) is 0.413. The molecule has 1 aromatic carbocycles. The van der Waals surface area contributed by atoms with Gasteiger partial charge in [0.25, 0.3) is 0 Å². The summed E-state index contributed by atoms with van der Waals surface area (Å²) < 4.78 is 0. The molecule has 0 aliphatic heterocycles. The van der Waals surface area contributed by atoms with Crippen molar-refractivity contribution in [2.45, 2.75) is 6.42 Å². The van der Waals surface area contributed by atoms with Crippen LogP contribution in [0.3, 0.4) is 0 Å². The van der Waals surface area contributed by atoms with Crippen LogP contribution in [0.25, 0.3) is 0 Å². The van der Waals surface area contributed by atoms with Crippen LogP contribution in [0, 0.1) is 6.07 Å². The van der Waals surface area contributed by atoms with Crippen molar-refractivity contribution in [1.82, 2.24) is 0 Å². The fraction of sp³-hybridized carbons (Fsp3) is 0.111. The largest absolute Gasteiger partial charge is 0.481 e. The van der Waals surface area contributed by atoms with E-state index in [1.54, 1.807) is 0 Å². The van der Waals surface area contributed by atoms with Crippen molar-refractivity contribution in [2.24, 2.45) is 0 Å².